The average Bonchev–Trinajstić information content (AvgIpc) is 2.16. The molecular weight excluding hydrogens is 192 g/mol. The molecule has 0 bridgehead atoms. The molecule has 0 unspecified atom stereocenters. The quantitative estimate of drug-likeness (QED) is 0.658. The standard InChI is InChI=1S/C11H24N2O2/c1-5-7-13(4)11(14)12-6-8-15-9-10(2)3/h10H,5-9H2,1-4H3,(H,12,14). The van der Waals surface area contributed by atoms with Crippen LogP contribution in [0.15, 0.2) is 0 Å². The lowest BCUT2D eigenvalue weighted by Gasteiger charge is -2.17. The second-order valence-corrected chi connectivity index (χ2v) is 4.12. The Balaban J connectivity index is 3.38. The number of hydrogen-bond donors (Lipinski definition) is 1. The first-order valence-corrected chi connectivity index (χ1v) is 5.64. The van der Waals surface area contributed by atoms with Crippen LogP contribution in [0.5, 0.6) is 0 Å². The van der Waals surface area contributed by atoms with Crippen LogP contribution in [0.4, 0.5) is 4.79 Å². The predicted octanol–water partition coefficient (Wildman–Crippen LogP) is 1.71. The Labute approximate surface area is 93.0 Å². The molecule has 4 heteroatoms. The number of hydrogen-bond acceptors (Lipinski definition) is 2. The molecule has 0 rings (SSSR count). The summed E-state index contributed by atoms with van der Waals surface area (Å²) in [4.78, 5) is 13.1. The van der Waals surface area contributed by atoms with E-state index in [1.54, 1.807) is 11.9 Å². The molecule has 0 heterocycles. The van der Waals surface area contributed by atoms with Gasteiger partial charge < -0.3 is 15.0 Å². The van der Waals surface area contributed by atoms with Crippen molar-refractivity contribution in [1.29, 1.82) is 0 Å². The molecule has 0 aromatic rings. The van der Waals surface area contributed by atoms with Gasteiger partial charge in [0.15, 0.2) is 0 Å². The highest BCUT2D eigenvalue weighted by molar-refractivity contribution is 5.73. The molecule has 1 N–H and O–H groups in total. The van der Waals surface area contributed by atoms with Crippen molar-refractivity contribution >= 4 is 6.03 Å². The topological polar surface area (TPSA) is 41.6 Å². The van der Waals surface area contributed by atoms with Gasteiger partial charge in [-0.2, -0.15) is 0 Å². The largest absolute Gasteiger partial charge is 0.379 e. The second-order valence-electron chi connectivity index (χ2n) is 4.12. The lowest BCUT2D eigenvalue weighted by molar-refractivity contribution is 0.111. The van der Waals surface area contributed by atoms with Crippen molar-refractivity contribution in [2.75, 3.05) is 33.4 Å². The van der Waals surface area contributed by atoms with Gasteiger partial charge in [-0.3, -0.25) is 0 Å². The van der Waals surface area contributed by atoms with Gasteiger partial charge in [-0.1, -0.05) is 20.8 Å². The molecule has 90 valence electrons. The lowest BCUT2D eigenvalue weighted by atomic mass is 10.2. The van der Waals surface area contributed by atoms with Crippen LogP contribution in [0, 0.1) is 5.92 Å². The fourth-order valence-corrected chi connectivity index (χ4v) is 1.12. The smallest absolute Gasteiger partial charge is 0.317 e. The minimum absolute atomic E-state index is 0.0232. The number of carbonyl (C=O) groups excluding carboxylic acids is 1. The Morgan fingerprint density at radius 2 is 2.13 bits per heavy atom. The summed E-state index contributed by atoms with van der Waals surface area (Å²) in [5.41, 5.74) is 0. The van der Waals surface area contributed by atoms with Crippen molar-refractivity contribution in [2.24, 2.45) is 5.92 Å². The zero-order valence-corrected chi connectivity index (χ0v) is 10.4. The number of amides is 2. The average molecular weight is 216 g/mol. The van der Waals surface area contributed by atoms with Crippen LogP contribution >= 0.6 is 0 Å². The minimum Gasteiger partial charge on any atom is -0.379 e. The number of ether oxygens (including phenoxy) is 1. The van der Waals surface area contributed by atoms with E-state index in [2.05, 4.69) is 26.1 Å². The summed E-state index contributed by atoms with van der Waals surface area (Å²) in [7, 11) is 1.80. The van der Waals surface area contributed by atoms with Crippen LogP contribution in [-0.2, 0) is 4.74 Å². The first-order valence-electron chi connectivity index (χ1n) is 5.64. The van der Waals surface area contributed by atoms with Crippen molar-refractivity contribution < 1.29 is 9.53 Å². The lowest BCUT2D eigenvalue weighted by Crippen LogP contribution is -2.39. The molecule has 0 radical (unpaired) electrons. The molecule has 0 saturated carbocycles. The number of nitrogens with zero attached hydrogens (tertiary/aromatic N) is 1. The molecule has 2 amide bonds. The maximum absolute atomic E-state index is 11.4. The third-order valence-corrected chi connectivity index (χ3v) is 1.88. The Morgan fingerprint density at radius 1 is 1.47 bits per heavy atom. The summed E-state index contributed by atoms with van der Waals surface area (Å²) >= 11 is 0. The molecule has 0 aromatic carbocycles. The molecule has 0 atom stereocenters. The van der Waals surface area contributed by atoms with E-state index in [9.17, 15) is 4.79 Å². The first-order chi connectivity index (χ1) is 7.07. The second kappa shape index (κ2) is 8.53. The van der Waals surface area contributed by atoms with Crippen molar-refractivity contribution in [2.45, 2.75) is 27.2 Å². The van der Waals surface area contributed by atoms with Crippen molar-refractivity contribution in [3.63, 3.8) is 0 Å². The van der Waals surface area contributed by atoms with E-state index >= 15 is 0 Å². The van der Waals surface area contributed by atoms with Crippen LogP contribution in [0.2, 0.25) is 0 Å². The number of carbonyl (C=O) groups is 1. The van der Waals surface area contributed by atoms with E-state index in [0.717, 1.165) is 19.6 Å². The van der Waals surface area contributed by atoms with E-state index in [1.807, 2.05) is 0 Å². The van der Waals surface area contributed by atoms with E-state index < -0.39 is 0 Å². The highest BCUT2D eigenvalue weighted by atomic mass is 16.5. The molecule has 15 heavy (non-hydrogen) atoms. The van der Waals surface area contributed by atoms with Crippen LogP contribution in [-0.4, -0.2) is 44.3 Å². The van der Waals surface area contributed by atoms with Gasteiger partial charge in [0.1, 0.15) is 0 Å². The molecule has 0 aliphatic rings. The summed E-state index contributed by atoms with van der Waals surface area (Å²) in [5, 5.41) is 2.80. The van der Waals surface area contributed by atoms with Gasteiger partial charge in [-0.15, -0.1) is 0 Å². The number of rotatable bonds is 7. The van der Waals surface area contributed by atoms with Gasteiger partial charge in [0.2, 0.25) is 0 Å². The summed E-state index contributed by atoms with van der Waals surface area (Å²) in [6.45, 7) is 8.97. The van der Waals surface area contributed by atoms with Crippen LogP contribution in [0.1, 0.15) is 27.2 Å². The maximum Gasteiger partial charge on any atom is 0.317 e. The summed E-state index contributed by atoms with van der Waals surface area (Å²) < 4.78 is 5.35. The monoisotopic (exact) mass is 216 g/mol. The molecule has 0 saturated heterocycles. The molecule has 4 nitrogen and oxygen atoms in total. The van der Waals surface area contributed by atoms with E-state index in [4.69, 9.17) is 4.74 Å². The first kappa shape index (κ1) is 14.2. The molecular formula is C11H24N2O2. The zero-order chi connectivity index (χ0) is 11.7. The van der Waals surface area contributed by atoms with Crippen LogP contribution in [0.25, 0.3) is 0 Å². The maximum atomic E-state index is 11.4. The molecule has 0 aliphatic carbocycles. The Bertz CT molecular complexity index is 172. The fourth-order valence-electron chi connectivity index (χ4n) is 1.12. The predicted molar refractivity (Wildman–Crippen MR) is 62.0 cm³/mol. The normalized spacial score (nSPS) is 10.5. The van der Waals surface area contributed by atoms with E-state index in [0.29, 0.717) is 19.1 Å². The number of urea groups is 1. The summed E-state index contributed by atoms with van der Waals surface area (Å²) in [6.07, 6.45) is 0.980. The SMILES string of the molecule is CCCN(C)C(=O)NCCOCC(C)C. The molecule has 0 aromatic heterocycles. The van der Waals surface area contributed by atoms with Crippen molar-refractivity contribution in [3.8, 4) is 0 Å². The highest BCUT2D eigenvalue weighted by Gasteiger charge is 2.05. The summed E-state index contributed by atoms with van der Waals surface area (Å²) in [6, 6.07) is -0.0232. The third kappa shape index (κ3) is 8.24. The van der Waals surface area contributed by atoms with Crippen molar-refractivity contribution in [1.82, 2.24) is 10.2 Å². The Kier molecular flexibility index (Phi) is 8.09. The van der Waals surface area contributed by atoms with Gasteiger partial charge >= 0.3 is 6.03 Å². The Morgan fingerprint density at radius 3 is 2.67 bits per heavy atom. The van der Waals surface area contributed by atoms with E-state index in [1.165, 1.54) is 0 Å². The number of nitrogens with one attached hydrogen (secondary N) is 1. The third-order valence-electron chi connectivity index (χ3n) is 1.88. The fraction of sp³-hybridized carbons (Fsp3) is 0.909. The van der Waals surface area contributed by atoms with Gasteiger partial charge in [0.05, 0.1) is 6.61 Å². The van der Waals surface area contributed by atoms with Gasteiger partial charge in [-0.05, 0) is 12.3 Å². The van der Waals surface area contributed by atoms with Crippen LogP contribution in [0.3, 0.4) is 0 Å². The summed E-state index contributed by atoms with van der Waals surface area (Å²) in [5.74, 6) is 0.545. The zero-order valence-electron chi connectivity index (χ0n) is 10.4. The van der Waals surface area contributed by atoms with E-state index in [-0.39, 0.29) is 6.03 Å². The van der Waals surface area contributed by atoms with Gasteiger partial charge in [0, 0.05) is 26.7 Å². The van der Waals surface area contributed by atoms with Gasteiger partial charge in [0.25, 0.3) is 0 Å². The molecule has 0 aliphatic heterocycles. The highest BCUT2D eigenvalue weighted by Crippen LogP contribution is 1.91. The van der Waals surface area contributed by atoms with Crippen LogP contribution < -0.4 is 5.32 Å². The molecule has 0 fully saturated rings. The van der Waals surface area contributed by atoms with Gasteiger partial charge in [-0.25, -0.2) is 4.79 Å². The molecule has 0 spiro atoms. The van der Waals surface area contributed by atoms with Crippen molar-refractivity contribution in [3.05, 3.63) is 0 Å². The Hall–Kier alpha value is -0.770. The minimum atomic E-state index is -0.0232.